The van der Waals surface area contributed by atoms with Gasteiger partial charge in [-0.3, -0.25) is 9.59 Å². The Kier molecular flexibility index (Phi) is 6.02. The molecule has 0 bridgehead atoms. The minimum absolute atomic E-state index is 0.0139. The molecule has 9 heteroatoms. The van der Waals surface area contributed by atoms with E-state index in [1.165, 1.54) is 11.8 Å². The Bertz CT molecular complexity index is 903. The lowest BCUT2D eigenvalue weighted by Gasteiger charge is -2.18. The molecule has 0 aliphatic heterocycles. The zero-order valence-corrected chi connectivity index (χ0v) is 15.9. The number of amides is 2. The molecule has 0 atom stereocenters. The number of nitrogens with one attached hydrogen (secondary N) is 1. The van der Waals surface area contributed by atoms with E-state index in [9.17, 15) is 9.59 Å². The normalized spacial score (nSPS) is 10.7. The number of nitrogens with zero attached hydrogens (tertiary/aromatic N) is 5. The second-order valence-corrected chi connectivity index (χ2v) is 6.59. The summed E-state index contributed by atoms with van der Waals surface area (Å²) in [6, 6.07) is 8.66. The van der Waals surface area contributed by atoms with Crippen LogP contribution in [0.1, 0.15) is 24.2 Å². The van der Waals surface area contributed by atoms with Crippen LogP contribution in [-0.4, -0.2) is 55.1 Å². The van der Waals surface area contributed by atoms with Gasteiger partial charge in [-0.1, -0.05) is 11.8 Å². The topological polar surface area (TPSA) is 92.5 Å². The molecule has 8 nitrogen and oxygen atoms in total. The maximum absolute atomic E-state index is 12.3. The lowest BCUT2D eigenvalue weighted by Crippen LogP contribution is -2.30. The summed E-state index contributed by atoms with van der Waals surface area (Å²) < 4.78 is 1.56. The number of hydrogen-bond donors (Lipinski definition) is 1. The van der Waals surface area contributed by atoms with Crippen molar-refractivity contribution in [2.24, 2.45) is 0 Å². The molecule has 1 N–H and O–H groups in total. The van der Waals surface area contributed by atoms with Gasteiger partial charge in [0.15, 0.2) is 0 Å². The number of aromatic nitrogens is 4. The molecule has 0 radical (unpaired) electrons. The molecule has 0 aliphatic rings. The minimum Gasteiger partial charge on any atom is -0.339 e. The monoisotopic (exact) mass is 384 g/mol. The zero-order valence-electron chi connectivity index (χ0n) is 15.1. The van der Waals surface area contributed by atoms with Crippen LogP contribution in [0.3, 0.4) is 0 Å². The first-order valence-electron chi connectivity index (χ1n) is 8.60. The Morgan fingerprint density at radius 1 is 1.19 bits per heavy atom. The molecule has 2 heterocycles. The van der Waals surface area contributed by atoms with Gasteiger partial charge in [-0.15, -0.1) is 5.10 Å². The first kappa shape index (κ1) is 18.8. The van der Waals surface area contributed by atoms with Crippen LogP contribution in [0.5, 0.6) is 0 Å². The summed E-state index contributed by atoms with van der Waals surface area (Å²) in [4.78, 5) is 34.5. The largest absolute Gasteiger partial charge is 0.339 e. The number of thioether (sulfide) groups is 1. The highest BCUT2D eigenvalue weighted by Crippen LogP contribution is 2.15. The molecule has 0 unspecified atom stereocenters. The SMILES string of the molecule is CCN(CC)C(=O)c1ccc(NC(=O)CSc2nc3ncccn3n2)cc1. The standard InChI is InChI=1S/C18H20N6O2S/c1-3-23(4-2)16(26)13-6-8-14(9-7-13)20-15(25)12-27-18-21-17-19-10-5-11-24(17)22-18/h5-11H,3-4,12H2,1-2H3,(H,20,25). The third-order valence-electron chi connectivity index (χ3n) is 3.90. The summed E-state index contributed by atoms with van der Waals surface area (Å²) in [5.74, 6) is 0.486. The molecule has 140 valence electrons. The molecule has 1 aromatic carbocycles. The van der Waals surface area contributed by atoms with Crippen molar-refractivity contribution < 1.29 is 9.59 Å². The minimum atomic E-state index is -0.172. The smallest absolute Gasteiger partial charge is 0.253 e. The Labute approximate surface area is 161 Å². The van der Waals surface area contributed by atoms with E-state index in [-0.39, 0.29) is 17.6 Å². The summed E-state index contributed by atoms with van der Waals surface area (Å²) in [5, 5.41) is 7.54. The number of benzene rings is 1. The van der Waals surface area contributed by atoms with Crippen LogP contribution in [0.4, 0.5) is 5.69 Å². The highest BCUT2D eigenvalue weighted by molar-refractivity contribution is 7.99. The van der Waals surface area contributed by atoms with Crippen molar-refractivity contribution in [1.29, 1.82) is 0 Å². The van der Waals surface area contributed by atoms with Gasteiger partial charge in [-0.05, 0) is 44.2 Å². The Morgan fingerprint density at radius 3 is 2.59 bits per heavy atom. The summed E-state index contributed by atoms with van der Waals surface area (Å²) in [6.07, 6.45) is 3.39. The fourth-order valence-corrected chi connectivity index (χ4v) is 3.12. The Balaban J connectivity index is 1.55. The number of anilines is 1. The molecular formula is C18H20N6O2S. The maximum Gasteiger partial charge on any atom is 0.253 e. The van der Waals surface area contributed by atoms with Gasteiger partial charge in [-0.2, -0.15) is 4.98 Å². The fourth-order valence-electron chi connectivity index (χ4n) is 2.49. The lowest BCUT2D eigenvalue weighted by molar-refractivity contribution is -0.113. The van der Waals surface area contributed by atoms with Crippen LogP contribution in [0.15, 0.2) is 47.9 Å². The summed E-state index contributed by atoms with van der Waals surface area (Å²) >= 11 is 1.24. The molecular weight excluding hydrogens is 364 g/mol. The van der Waals surface area contributed by atoms with Gasteiger partial charge < -0.3 is 10.2 Å². The van der Waals surface area contributed by atoms with E-state index in [2.05, 4.69) is 20.4 Å². The van der Waals surface area contributed by atoms with Crippen molar-refractivity contribution in [3.63, 3.8) is 0 Å². The predicted molar refractivity (Wildman–Crippen MR) is 104 cm³/mol. The van der Waals surface area contributed by atoms with E-state index in [0.29, 0.717) is 35.3 Å². The first-order valence-corrected chi connectivity index (χ1v) is 9.58. The molecule has 0 saturated heterocycles. The number of fused-ring (bicyclic) bond motifs is 1. The van der Waals surface area contributed by atoms with Crippen LogP contribution >= 0.6 is 11.8 Å². The van der Waals surface area contributed by atoms with Crippen LogP contribution < -0.4 is 5.32 Å². The van der Waals surface area contributed by atoms with E-state index in [4.69, 9.17) is 0 Å². The van der Waals surface area contributed by atoms with E-state index in [0.717, 1.165) is 0 Å². The molecule has 2 aromatic heterocycles. The van der Waals surface area contributed by atoms with E-state index in [1.807, 2.05) is 13.8 Å². The van der Waals surface area contributed by atoms with Crippen LogP contribution in [0, 0.1) is 0 Å². The van der Waals surface area contributed by atoms with E-state index >= 15 is 0 Å². The quantitative estimate of drug-likeness (QED) is 0.629. The lowest BCUT2D eigenvalue weighted by atomic mass is 10.2. The van der Waals surface area contributed by atoms with Crippen molar-refractivity contribution in [2.45, 2.75) is 19.0 Å². The molecule has 0 aliphatic carbocycles. The van der Waals surface area contributed by atoms with Gasteiger partial charge in [0.25, 0.3) is 11.7 Å². The molecule has 2 amide bonds. The van der Waals surface area contributed by atoms with Gasteiger partial charge in [0.05, 0.1) is 5.75 Å². The van der Waals surface area contributed by atoms with Crippen molar-refractivity contribution in [3.05, 3.63) is 48.3 Å². The Hall–Kier alpha value is -2.94. The summed E-state index contributed by atoms with van der Waals surface area (Å²) in [6.45, 7) is 5.22. The van der Waals surface area contributed by atoms with Crippen molar-refractivity contribution in [2.75, 3.05) is 24.2 Å². The number of rotatable bonds is 7. The van der Waals surface area contributed by atoms with Crippen molar-refractivity contribution >= 4 is 35.0 Å². The second kappa shape index (κ2) is 8.63. The van der Waals surface area contributed by atoms with Crippen molar-refractivity contribution in [3.8, 4) is 0 Å². The number of hydrogen-bond acceptors (Lipinski definition) is 6. The third-order valence-corrected chi connectivity index (χ3v) is 4.73. The highest BCUT2D eigenvalue weighted by Gasteiger charge is 2.13. The van der Waals surface area contributed by atoms with Gasteiger partial charge in [0.1, 0.15) is 0 Å². The molecule has 0 fully saturated rings. The summed E-state index contributed by atoms with van der Waals surface area (Å²) in [5.41, 5.74) is 1.24. The molecule has 0 saturated carbocycles. The Morgan fingerprint density at radius 2 is 1.93 bits per heavy atom. The number of carbonyl (C=O) groups is 2. The van der Waals surface area contributed by atoms with Gasteiger partial charge in [0, 0.05) is 36.7 Å². The average molecular weight is 384 g/mol. The zero-order chi connectivity index (χ0) is 19.2. The maximum atomic E-state index is 12.3. The van der Waals surface area contributed by atoms with Crippen LogP contribution in [0.25, 0.3) is 5.78 Å². The molecule has 27 heavy (non-hydrogen) atoms. The molecule has 3 aromatic rings. The van der Waals surface area contributed by atoms with Gasteiger partial charge in [-0.25, -0.2) is 9.50 Å². The van der Waals surface area contributed by atoms with E-state index in [1.54, 1.807) is 52.1 Å². The van der Waals surface area contributed by atoms with Crippen molar-refractivity contribution in [1.82, 2.24) is 24.5 Å². The average Bonchev–Trinajstić information content (AvgIpc) is 3.11. The fraction of sp³-hybridized carbons (Fsp3) is 0.278. The molecule has 3 rings (SSSR count). The van der Waals surface area contributed by atoms with Gasteiger partial charge >= 0.3 is 0 Å². The van der Waals surface area contributed by atoms with Crippen LogP contribution in [0.2, 0.25) is 0 Å². The molecule has 0 spiro atoms. The third kappa shape index (κ3) is 4.62. The predicted octanol–water partition coefficient (Wildman–Crippen LogP) is 2.34. The number of carbonyl (C=O) groups excluding carboxylic acids is 2. The highest BCUT2D eigenvalue weighted by atomic mass is 32.2. The summed E-state index contributed by atoms with van der Waals surface area (Å²) in [7, 11) is 0. The first-order chi connectivity index (χ1) is 13.1. The van der Waals surface area contributed by atoms with E-state index < -0.39 is 0 Å². The van der Waals surface area contributed by atoms with Crippen LogP contribution in [-0.2, 0) is 4.79 Å². The second-order valence-electron chi connectivity index (χ2n) is 5.65. The van der Waals surface area contributed by atoms with Gasteiger partial charge in [0.2, 0.25) is 11.1 Å².